The summed E-state index contributed by atoms with van der Waals surface area (Å²) in [5, 5.41) is 1.96. The Hall–Kier alpha value is -2.72. The second-order valence-corrected chi connectivity index (χ2v) is 5.62. The van der Waals surface area contributed by atoms with E-state index in [9.17, 15) is 4.79 Å². The van der Waals surface area contributed by atoms with Crippen molar-refractivity contribution in [2.24, 2.45) is 0 Å². The number of ketones is 1. The van der Waals surface area contributed by atoms with Gasteiger partial charge in [-0.25, -0.2) is 4.98 Å². The van der Waals surface area contributed by atoms with Crippen LogP contribution in [0.5, 0.6) is 5.75 Å². The molecule has 114 valence electrons. The Kier molecular flexibility index (Phi) is 4.96. The molecule has 3 rings (SSSR count). The van der Waals surface area contributed by atoms with Gasteiger partial charge in [0, 0.05) is 10.9 Å². The number of thiazole rings is 1. The molecule has 0 fully saturated rings. The quantitative estimate of drug-likeness (QED) is 0.491. The fraction of sp³-hybridized carbons (Fsp3) is 0.0526. The first kappa shape index (κ1) is 15.2. The molecule has 0 N–H and O–H groups in total. The van der Waals surface area contributed by atoms with Gasteiger partial charge in [0.05, 0.1) is 11.2 Å². The summed E-state index contributed by atoms with van der Waals surface area (Å²) in [6.07, 6.45) is 3.39. The van der Waals surface area contributed by atoms with E-state index in [2.05, 4.69) is 4.98 Å². The monoisotopic (exact) mass is 321 g/mol. The molecule has 4 heteroatoms. The molecule has 3 aromatic rings. The van der Waals surface area contributed by atoms with Crippen molar-refractivity contribution >= 4 is 23.2 Å². The molecule has 0 spiro atoms. The van der Waals surface area contributed by atoms with Crippen molar-refractivity contribution < 1.29 is 9.53 Å². The second-order valence-electron chi connectivity index (χ2n) is 4.90. The number of ether oxygens (including phenoxy) is 1. The van der Waals surface area contributed by atoms with E-state index in [-0.39, 0.29) is 5.78 Å². The Morgan fingerprint density at radius 1 is 1.09 bits per heavy atom. The number of hydrogen-bond donors (Lipinski definition) is 0. The van der Waals surface area contributed by atoms with E-state index in [4.69, 9.17) is 4.74 Å². The van der Waals surface area contributed by atoms with Crippen molar-refractivity contribution in [1.29, 1.82) is 0 Å². The lowest BCUT2D eigenvalue weighted by atomic mass is 10.1. The fourth-order valence-corrected chi connectivity index (χ4v) is 2.55. The number of carbonyl (C=O) groups is 1. The molecule has 0 amide bonds. The lowest BCUT2D eigenvalue weighted by Gasteiger charge is -2.04. The first-order valence-electron chi connectivity index (χ1n) is 7.19. The lowest BCUT2D eigenvalue weighted by molar-refractivity contribution is 0.104. The van der Waals surface area contributed by atoms with Crippen LogP contribution in [0.4, 0.5) is 0 Å². The number of hydrogen-bond acceptors (Lipinski definition) is 4. The van der Waals surface area contributed by atoms with E-state index in [0.29, 0.717) is 12.2 Å². The molecule has 3 nitrogen and oxygen atoms in total. The van der Waals surface area contributed by atoms with Gasteiger partial charge >= 0.3 is 0 Å². The van der Waals surface area contributed by atoms with Gasteiger partial charge in [-0.15, -0.1) is 11.3 Å². The molecule has 23 heavy (non-hydrogen) atoms. The summed E-state index contributed by atoms with van der Waals surface area (Å²) in [5.41, 5.74) is 4.35. The summed E-state index contributed by atoms with van der Waals surface area (Å²) >= 11 is 1.55. The molecule has 0 atom stereocenters. The van der Waals surface area contributed by atoms with Gasteiger partial charge in [0.25, 0.3) is 0 Å². The number of aromatic nitrogens is 1. The van der Waals surface area contributed by atoms with Gasteiger partial charge in [0.15, 0.2) is 5.78 Å². The van der Waals surface area contributed by atoms with Gasteiger partial charge in [-0.1, -0.05) is 48.5 Å². The summed E-state index contributed by atoms with van der Waals surface area (Å²) in [6, 6.07) is 16.8. The molecule has 0 aliphatic carbocycles. The van der Waals surface area contributed by atoms with Crippen molar-refractivity contribution in [3.8, 4) is 5.75 Å². The Balaban J connectivity index is 1.59. The lowest BCUT2D eigenvalue weighted by Crippen LogP contribution is -1.95. The summed E-state index contributed by atoms with van der Waals surface area (Å²) in [5.74, 6) is 0.777. The zero-order valence-corrected chi connectivity index (χ0v) is 13.2. The minimum absolute atomic E-state index is 0.00513. The predicted molar refractivity (Wildman–Crippen MR) is 92.7 cm³/mol. The number of carbonyl (C=O) groups excluding carboxylic acids is 1. The van der Waals surface area contributed by atoms with Gasteiger partial charge in [0.2, 0.25) is 0 Å². The highest BCUT2D eigenvalue weighted by molar-refractivity contribution is 7.07. The molecule has 0 saturated carbocycles. The Bertz CT molecular complexity index is 778. The van der Waals surface area contributed by atoms with Crippen LogP contribution in [0.15, 0.2) is 71.6 Å². The van der Waals surface area contributed by atoms with Gasteiger partial charge in [-0.2, -0.15) is 0 Å². The maximum absolute atomic E-state index is 12.0. The van der Waals surface area contributed by atoms with Crippen LogP contribution < -0.4 is 4.74 Å². The molecular formula is C19H15NO2S. The van der Waals surface area contributed by atoms with Crippen LogP contribution in [-0.2, 0) is 6.61 Å². The van der Waals surface area contributed by atoms with Crippen LogP contribution in [0.2, 0.25) is 0 Å². The third-order valence-corrected chi connectivity index (χ3v) is 3.87. The van der Waals surface area contributed by atoms with Gasteiger partial charge in [-0.05, 0) is 23.8 Å². The highest BCUT2D eigenvalue weighted by atomic mass is 32.1. The normalized spacial score (nSPS) is 10.8. The van der Waals surface area contributed by atoms with E-state index < -0.39 is 0 Å². The average molecular weight is 321 g/mol. The Morgan fingerprint density at radius 2 is 1.87 bits per heavy atom. The second kappa shape index (κ2) is 7.51. The summed E-state index contributed by atoms with van der Waals surface area (Å²) in [4.78, 5) is 16.2. The Labute approximate surface area is 138 Å². The maximum atomic E-state index is 12.0. The SMILES string of the molecule is O=C(/C=C/c1ccc(OCc2cscn2)cc1)c1ccccc1. The van der Waals surface area contributed by atoms with Crippen molar-refractivity contribution in [2.45, 2.75) is 6.61 Å². The third kappa shape index (κ3) is 4.37. The van der Waals surface area contributed by atoms with Gasteiger partial charge in [-0.3, -0.25) is 4.79 Å². The minimum atomic E-state index is -0.00513. The van der Waals surface area contributed by atoms with Crippen LogP contribution in [0.1, 0.15) is 21.6 Å². The molecule has 0 aliphatic rings. The average Bonchev–Trinajstić information content (AvgIpc) is 3.13. The summed E-state index contributed by atoms with van der Waals surface area (Å²) < 4.78 is 5.65. The molecule has 0 saturated heterocycles. The number of rotatable bonds is 6. The first-order chi connectivity index (χ1) is 11.3. The number of allylic oxidation sites excluding steroid dienone is 1. The standard InChI is InChI=1S/C19H15NO2S/c21-19(16-4-2-1-3-5-16)11-8-15-6-9-18(10-7-15)22-12-17-13-23-14-20-17/h1-11,13-14H,12H2/b11-8+. The van der Waals surface area contributed by atoms with Crippen molar-refractivity contribution in [3.63, 3.8) is 0 Å². The highest BCUT2D eigenvalue weighted by Gasteiger charge is 2.00. The van der Waals surface area contributed by atoms with Crippen LogP contribution in [0.3, 0.4) is 0 Å². The molecule has 0 bridgehead atoms. The largest absolute Gasteiger partial charge is 0.487 e. The van der Waals surface area contributed by atoms with Gasteiger partial charge in [0.1, 0.15) is 12.4 Å². The molecule has 1 aromatic heterocycles. The highest BCUT2D eigenvalue weighted by Crippen LogP contribution is 2.15. The maximum Gasteiger partial charge on any atom is 0.185 e. The fourth-order valence-electron chi connectivity index (χ4n) is 2.01. The summed E-state index contributed by atoms with van der Waals surface area (Å²) in [6.45, 7) is 0.463. The van der Waals surface area contributed by atoms with Crippen molar-refractivity contribution in [1.82, 2.24) is 4.98 Å². The van der Waals surface area contributed by atoms with Crippen LogP contribution >= 0.6 is 11.3 Å². The molecule has 0 radical (unpaired) electrons. The molecule has 0 unspecified atom stereocenters. The van der Waals surface area contributed by atoms with Crippen LogP contribution in [0, 0.1) is 0 Å². The van der Waals surface area contributed by atoms with Crippen molar-refractivity contribution in [3.05, 3.63) is 88.4 Å². The number of nitrogens with zero attached hydrogens (tertiary/aromatic N) is 1. The van der Waals surface area contributed by atoms with Gasteiger partial charge < -0.3 is 4.74 Å². The topological polar surface area (TPSA) is 39.2 Å². The molecule has 0 aliphatic heterocycles. The first-order valence-corrected chi connectivity index (χ1v) is 8.13. The zero-order chi connectivity index (χ0) is 15.9. The molecule has 1 heterocycles. The zero-order valence-electron chi connectivity index (χ0n) is 12.4. The molecule has 2 aromatic carbocycles. The van der Waals surface area contributed by atoms with E-state index >= 15 is 0 Å². The van der Waals surface area contributed by atoms with E-state index in [1.165, 1.54) is 0 Å². The molecular weight excluding hydrogens is 306 g/mol. The van der Waals surface area contributed by atoms with Crippen molar-refractivity contribution in [2.75, 3.05) is 0 Å². The van der Waals surface area contributed by atoms with E-state index in [0.717, 1.165) is 17.0 Å². The smallest absolute Gasteiger partial charge is 0.185 e. The Morgan fingerprint density at radius 3 is 2.57 bits per heavy atom. The predicted octanol–water partition coefficient (Wildman–Crippen LogP) is 4.62. The minimum Gasteiger partial charge on any atom is -0.487 e. The van der Waals surface area contributed by atoms with Crippen LogP contribution in [-0.4, -0.2) is 10.8 Å². The number of benzene rings is 2. The van der Waals surface area contributed by atoms with E-state index in [1.807, 2.05) is 60.0 Å². The van der Waals surface area contributed by atoms with E-state index in [1.54, 1.807) is 29.0 Å². The van der Waals surface area contributed by atoms with Crippen LogP contribution in [0.25, 0.3) is 6.08 Å². The summed E-state index contributed by atoms with van der Waals surface area (Å²) in [7, 11) is 0. The third-order valence-electron chi connectivity index (χ3n) is 3.24.